The molecular weight excluding hydrogens is 589 g/mol. The van der Waals surface area contributed by atoms with E-state index in [1.807, 2.05) is 0 Å². The third-order valence-electron chi connectivity index (χ3n) is 10.5. The monoisotopic (exact) mass is 620 g/mol. The predicted molar refractivity (Wildman–Crippen MR) is 213 cm³/mol. The lowest BCUT2D eigenvalue weighted by atomic mass is 9.86. The molecule has 0 aromatic heterocycles. The van der Waals surface area contributed by atoms with E-state index in [4.69, 9.17) is 0 Å². The van der Waals surface area contributed by atoms with Crippen molar-refractivity contribution in [3.05, 3.63) is 181 Å². The van der Waals surface area contributed by atoms with Gasteiger partial charge in [0.05, 0.1) is 0 Å². The van der Waals surface area contributed by atoms with Gasteiger partial charge in [0.2, 0.25) is 0 Å². The molecule has 228 valence electrons. The minimum absolute atomic E-state index is 1.25. The van der Waals surface area contributed by atoms with Crippen LogP contribution in [0.4, 0.5) is 0 Å². The fraction of sp³-hybridized carbons (Fsp3) is 0.0204. The van der Waals surface area contributed by atoms with Gasteiger partial charge in [0.15, 0.2) is 0 Å². The highest BCUT2D eigenvalue weighted by atomic mass is 14.2. The van der Waals surface area contributed by atoms with Crippen LogP contribution in [0.3, 0.4) is 0 Å². The summed E-state index contributed by atoms with van der Waals surface area (Å²) in [5, 5.41) is 15.4. The Kier molecular flexibility index (Phi) is 6.19. The van der Waals surface area contributed by atoms with E-state index in [9.17, 15) is 0 Å². The second-order valence-electron chi connectivity index (χ2n) is 13.3. The van der Waals surface area contributed by atoms with Crippen LogP contribution >= 0.6 is 0 Å². The molecule has 0 spiro atoms. The van der Waals surface area contributed by atoms with Crippen molar-refractivity contribution in [1.82, 2.24) is 0 Å². The van der Waals surface area contributed by atoms with Gasteiger partial charge in [0.1, 0.15) is 0 Å². The van der Waals surface area contributed by atoms with E-state index in [0.29, 0.717) is 0 Å². The van der Waals surface area contributed by atoms with E-state index >= 15 is 0 Å². The molecule has 0 fully saturated rings. The zero-order valence-corrected chi connectivity index (χ0v) is 27.2. The highest BCUT2D eigenvalue weighted by molar-refractivity contribution is 6.25. The van der Waals surface area contributed by atoms with Gasteiger partial charge in [0.25, 0.3) is 0 Å². The quantitative estimate of drug-likeness (QED) is 0.136. The van der Waals surface area contributed by atoms with Crippen LogP contribution in [0.2, 0.25) is 0 Å². The summed E-state index contributed by atoms with van der Waals surface area (Å²) in [6.45, 7) is 2.18. The maximum Gasteiger partial charge on any atom is -0.00265 e. The maximum absolute atomic E-state index is 2.39. The molecular formula is C49H32. The van der Waals surface area contributed by atoms with E-state index in [0.717, 1.165) is 0 Å². The lowest BCUT2D eigenvalue weighted by Gasteiger charge is -2.17. The third kappa shape index (κ3) is 4.31. The molecule has 0 heterocycles. The average Bonchev–Trinajstić information content (AvgIpc) is 3.15. The Bertz CT molecular complexity index is 2930. The normalized spacial score (nSPS) is 11.8. The Balaban J connectivity index is 1.26. The summed E-state index contributed by atoms with van der Waals surface area (Å²) in [7, 11) is 0. The second kappa shape index (κ2) is 10.9. The molecule has 0 aliphatic rings. The summed E-state index contributed by atoms with van der Waals surface area (Å²) in [6, 6.07) is 65.2. The summed E-state index contributed by atoms with van der Waals surface area (Å²) >= 11 is 0. The molecule has 10 aromatic rings. The van der Waals surface area contributed by atoms with Gasteiger partial charge in [-0.25, -0.2) is 0 Å². The number of hydrogen-bond donors (Lipinski definition) is 0. The molecule has 0 aliphatic heterocycles. The van der Waals surface area contributed by atoms with Gasteiger partial charge in [0, 0.05) is 0 Å². The third-order valence-corrected chi connectivity index (χ3v) is 10.5. The number of rotatable bonds is 3. The number of fused-ring (bicyclic) bond motifs is 8. The van der Waals surface area contributed by atoms with Crippen molar-refractivity contribution in [2.45, 2.75) is 6.92 Å². The van der Waals surface area contributed by atoms with Crippen molar-refractivity contribution in [3.63, 3.8) is 0 Å². The number of benzene rings is 10. The van der Waals surface area contributed by atoms with Gasteiger partial charge < -0.3 is 0 Å². The molecule has 49 heavy (non-hydrogen) atoms. The van der Waals surface area contributed by atoms with Crippen LogP contribution in [0.5, 0.6) is 0 Å². The van der Waals surface area contributed by atoms with Gasteiger partial charge in [-0.3, -0.25) is 0 Å². The molecule has 0 saturated carbocycles. The molecule has 0 atom stereocenters. The number of aryl methyl sites for hydroxylation is 1. The predicted octanol–water partition coefficient (Wildman–Crippen LogP) is 13.9. The van der Waals surface area contributed by atoms with E-state index in [2.05, 4.69) is 183 Å². The molecule has 0 amide bonds. The van der Waals surface area contributed by atoms with E-state index in [1.54, 1.807) is 0 Å². The highest BCUT2D eigenvalue weighted by Gasteiger charge is 2.17. The fourth-order valence-electron chi connectivity index (χ4n) is 8.31. The summed E-state index contributed by atoms with van der Waals surface area (Å²) in [4.78, 5) is 0. The van der Waals surface area contributed by atoms with Crippen LogP contribution in [0, 0.1) is 6.92 Å². The maximum atomic E-state index is 2.39. The van der Waals surface area contributed by atoms with Crippen LogP contribution in [-0.4, -0.2) is 0 Å². The largest absolute Gasteiger partial charge is 0.0622 e. The van der Waals surface area contributed by atoms with Crippen molar-refractivity contribution < 1.29 is 0 Å². The summed E-state index contributed by atoms with van der Waals surface area (Å²) < 4.78 is 0. The van der Waals surface area contributed by atoms with E-state index < -0.39 is 0 Å². The topological polar surface area (TPSA) is 0 Å². The SMILES string of the molecule is Cc1cccc(-c2c3ccccc3cc3c2ccc2c(-c4cccc5c4ccc4c(-c6ccccc6)c6ccccc6cc45)cccc23)c1. The summed E-state index contributed by atoms with van der Waals surface area (Å²) in [6.07, 6.45) is 0. The first-order chi connectivity index (χ1) is 24.2. The fourth-order valence-corrected chi connectivity index (χ4v) is 8.31. The Morgan fingerprint density at radius 1 is 0.265 bits per heavy atom. The first kappa shape index (κ1) is 27.8. The Hall–Kier alpha value is -6.24. The van der Waals surface area contributed by atoms with Gasteiger partial charge in [-0.2, -0.15) is 0 Å². The van der Waals surface area contributed by atoms with E-state index in [1.165, 1.54) is 104 Å². The van der Waals surface area contributed by atoms with Gasteiger partial charge in [-0.15, -0.1) is 0 Å². The smallest absolute Gasteiger partial charge is 0.00265 e. The molecule has 0 radical (unpaired) electrons. The van der Waals surface area contributed by atoms with Gasteiger partial charge in [-0.05, 0) is 117 Å². The first-order valence-electron chi connectivity index (χ1n) is 17.1. The molecule has 0 saturated heterocycles. The zero-order valence-electron chi connectivity index (χ0n) is 27.2. The van der Waals surface area contributed by atoms with Gasteiger partial charge in [-0.1, -0.05) is 169 Å². The average molecular weight is 621 g/mol. The Morgan fingerprint density at radius 2 is 0.714 bits per heavy atom. The lowest BCUT2D eigenvalue weighted by Crippen LogP contribution is -1.90. The molecule has 0 heteroatoms. The minimum Gasteiger partial charge on any atom is -0.0622 e. The standard InChI is InChI=1S/C49H32/c1-31-12-9-17-35(28-31)49-37-19-8-6-16-34(37)30-47-41-23-11-21-39(43(41)25-27-45(47)49)38-20-10-22-40-42(38)24-26-44-46(40)29-33-15-5-7-18-36(33)48(44)32-13-3-2-4-14-32/h2-30H,1H3. The van der Waals surface area contributed by atoms with Crippen LogP contribution in [0.1, 0.15) is 5.56 Å². The van der Waals surface area contributed by atoms with Gasteiger partial charge >= 0.3 is 0 Å². The molecule has 0 N–H and O–H groups in total. The van der Waals surface area contributed by atoms with Crippen LogP contribution < -0.4 is 0 Å². The molecule has 0 nitrogen and oxygen atoms in total. The van der Waals surface area contributed by atoms with Crippen molar-refractivity contribution in [3.8, 4) is 33.4 Å². The molecule has 10 aromatic carbocycles. The van der Waals surface area contributed by atoms with Crippen molar-refractivity contribution in [1.29, 1.82) is 0 Å². The van der Waals surface area contributed by atoms with Crippen LogP contribution in [-0.2, 0) is 0 Å². The zero-order chi connectivity index (χ0) is 32.5. The lowest BCUT2D eigenvalue weighted by molar-refractivity contribution is 1.47. The molecule has 0 bridgehead atoms. The molecule has 0 aliphatic carbocycles. The molecule has 0 unspecified atom stereocenters. The minimum atomic E-state index is 1.25. The Labute approximate surface area is 285 Å². The molecule has 10 rings (SSSR count). The first-order valence-corrected chi connectivity index (χ1v) is 17.1. The summed E-state index contributed by atoms with van der Waals surface area (Å²) in [5.41, 5.74) is 8.92. The van der Waals surface area contributed by atoms with Crippen molar-refractivity contribution >= 4 is 64.6 Å². The van der Waals surface area contributed by atoms with Crippen LogP contribution in [0.25, 0.3) is 98.0 Å². The highest BCUT2D eigenvalue weighted by Crippen LogP contribution is 2.44. The van der Waals surface area contributed by atoms with Crippen LogP contribution in [0.15, 0.2) is 176 Å². The van der Waals surface area contributed by atoms with Crippen molar-refractivity contribution in [2.24, 2.45) is 0 Å². The number of hydrogen-bond acceptors (Lipinski definition) is 0. The summed E-state index contributed by atoms with van der Waals surface area (Å²) in [5.74, 6) is 0. The second-order valence-corrected chi connectivity index (χ2v) is 13.3. The van der Waals surface area contributed by atoms with E-state index in [-0.39, 0.29) is 0 Å². The van der Waals surface area contributed by atoms with Crippen molar-refractivity contribution in [2.75, 3.05) is 0 Å². The Morgan fingerprint density at radius 3 is 1.29 bits per heavy atom.